The Morgan fingerprint density at radius 3 is 2.95 bits per heavy atom. The Morgan fingerprint density at radius 1 is 1.40 bits per heavy atom. The van der Waals surface area contributed by atoms with Gasteiger partial charge in [0.15, 0.2) is 0 Å². The number of rotatable bonds is 6. The molecular formula is C15H19N3OS. The number of aromatic amines is 1. The number of aryl methyl sites for hydroxylation is 2. The van der Waals surface area contributed by atoms with E-state index in [1.165, 1.54) is 0 Å². The number of fused-ring (bicyclic) bond motifs is 1. The van der Waals surface area contributed by atoms with Gasteiger partial charge in [-0.15, -0.1) is 23.7 Å². The molecule has 0 fully saturated rings. The maximum absolute atomic E-state index is 12.1. The van der Waals surface area contributed by atoms with Crippen LogP contribution in [-0.2, 0) is 6.54 Å². The van der Waals surface area contributed by atoms with Crippen LogP contribution in [-0.4, -0.2) is 16.5 Å². The van der Waals surface area contributed by atoms with Crippen molar-refractivity contribution < 1.29 is 0 Å². The molecule has 2 aromatic rings. The van der Waals surface area contributed by atoms with Crippen LogP contribution >= 0.6 is 11.3 Å². The minimum absolute atomic E-state index is 0.0408. The Kier molecular flexibility index (Phi) is 4.94. The quantitative estimate of drug-likeness (QED) is 0.634. The van der Waals surface area contributed by atoms with Crippen LogP contribution in [0.1, 0.15) is 35.5 Å². The number of hydrogen-bond acceptors (Lipinski definition) is 4. The van der Waals surface area contributed by atoms with Gasteiger partial charge in [-0.3, -0.25) is 4.79 Å². The Bertz CT molecular complexity index is 693. The van der Waals surface area contributed by atoms with Crippen LogP contribution in [0.5, 0.6) is 0 Å². The molecule has 2 rings (SSSR count). The van der Waals surface area contributed by atoms with Crippen molar-refractivity contribution in [3.05, 3.63) is 26.6 Å². The summed E-state index contributed by atoms with van der Waals surface area (Å²) in [5.41, 5.74) is 0.994. The largest absolute Gasteiger partial charge is 0.310 e. The van der Waals surface area contributed by atoms with Crippen molar-refractivity contribution >= 4 is 21.6 Å². The molecule has 0 aliphatic heterocycles. The van der Waals surface area contributed by atoms with E-state index in [1.54, 1.807) is 11.3 Å². The van der Waals surface area contributed by atoms with Crippen molar-refractivity contribution in [3.8, 4) is 12.3 Å². The lowest BCUT2D eigenvalue weighted by Gasteiger charge is -2.03. The van der Waals surface area contributed by atoms with E-state index in [4.69, 9.17) is 6.42 Å². The highest BCUT2D eigenvalue weighted by atomic mass is 32.1. The lowest BCUT2D eigenvalue weighted by Crippen LogP contribution is -2.20. The van der Waals surface area contributed by atoms with E-state index in [0.29, 0.717) is 12.4 Å². The van der Waals surface area contributed by atoms with Gasteiger partial charge in [0.05, 0.1) is 11.9 Å². The highest BCUT2D eigenvalue weighted by Gasteiger charge is 2.11. The SMILES string of the molecule is C#CCCCCNCc1nc2sc(C)c(C)c2c(=O)[nH]1. The van der Waals surface area contributed by atoms with E-state index in [2.05, 4.69) is 21.2 Å². The van der Waals surface area contributed by atoms with Crippen LogP contribution in [0.3, 0.4) is 0 Å². The molecule has 0 saturated heterocycles. The zero-order valence-electron chi connectivity index (χ0n) is 11.9. The molecule has 5 heteroatoms. The Morgan fingerprint density at radius 2 is 2.20 bits per heavy atom. The fraction of sp³-hybridized carbons (Fsp3) is 0.467. The van der Waals surface area contributed by atoms with Crippen LogP contribution in [0.4, 0.5) is 0 Å². The second-order valence-electron chi connectivity index (χ2n) is 4.81. The van der Waals surface area contributed by atoms with Crippen molar-refractivity contribution in [1.29, 1.82) is 0 Å². The first-order valence-electron chi connectivity index (χ1n) is 6.76. The summed E-state index contributed by atoms with van der Waals surface area (Å²) in [5.74, 6) is 3.32. The Hall–Kier alpha value is -1.64. The molecule has 0 atom stereocenters. The van der Waals surface area contributed by atoms with E-state index in [9.17, 15) is 4.79 Å². The van der Waals surface area contributed by atoms with E-state index in [-0.39, 0.29) is 5.56 Å². The number of unbranched alkanes of at least 4 members (excludes halogenated alkanes) is 2. The normalized spacial score (nSPS) is 10.8. The van der Waals surface area contributed by atoms with Gasteiger partial charge in [-0.25, -0.2) is 4.98 Å². The van der Waals surface area contributed by atoms with E-state index >= 15 is 0 Å². The fourth-order valence-electron chi connectivity index (χ4n) is 2.07. The Labute approximate surface area is 122 Å². The summed E-state index contributed by atoms with van der Waals surface area (Å²) >= 11 is 1.58. The third-order valence-corrected chi connectivity index (χ3v) is 4.41. The summed E-state index contributed by atoms with van der Waals surface area (Å²) in [6.07, 6.45) is 8.07. The number of H-pyrrole nitrogens is 1. The number of hydrogen-bond donors (Lipinski definition) is 2. The molecule has 0 radical (unpaired) electrons. The smallest absolute Gasteiger partial charge is 0.259 e. The molecule has 0 aliphatic carbocycles. The summed E-state index contributed by atoms with van der Waals surface area (Å²) in [5, 5.41) is 4.00. The van der Waals surface area contributed by atoms with E-state index in [1.807, 2.05) is 13.8 Å². The van der Waals surface area contributed by atoms with Gasteiger partial charge in [0, 0.05) is 11.3 Å². The predicted octanol–water partition coefficient (Wildman–Crippen LogP) is 2.49. The molecule has 0 spiro atoms. The topological polar surface area (TPSA) is 57.8 Å². The zero-order valence-corrected chi connectivity index (χ0v) is 12.7. The summed E-state index contributed by atoms with van der Waals surface area (Å²) < 4.78 is 0. The van der Waals surface area contributed by atoms with E-state index < -0.39 is 0 Å². The van der Waals surface area contributed by atoms with Crippen molar-refractivity contribution in [2.45, 2.75) is 39.7 Å². The van der Waals surface area contributed by atoms with Gasteiger partial charge in [-0.1, -0.05) is 0 Å². The van der Waals surface area contributed by atoms with Crippen molar-refractivity contribution in [1.82, 2.24) is 15.3 Å². The molecule has 0 amide bonds. The van der Waals surface area contributed by atoms with Crippen LogP contribution in [0.25, 0.3) is 10.2 Å². The standard InChI is InChI=1S/C15H19N3OS/c1-4-5-6-7-8-16-9-12-17-14(19)13-10(2)11(3)20-15(13)18-12/h1,16H,5-9H2,2-3H3,(H,17,18,19). The van der Waals surface area contributed by atoms with Crippen molar-refractivity contribution in [3.63, 3.8) is 0 Å². The van der Waals surface area contributed by atoms with Gasteiger partial charge in [-0.05, 0) is 38.8 Å². The number of aromatic nitrogens is 2. The fourth-order valence-corrected chi connectivity index (χ4v) is 3.12. The number of nitrogens with one attached hydrogen (secondary N) is 2. The highest BCUT2D eigenvalue weighted by molar-refractivity contribution is 7.18. The van der Waals surface area contributed by atoms with Gasteiger partial charge in [0.2, 0.25) is 0 Å². The minimum atomic E-state index is -0.0408. The first-order chi connectivity index (χ1) is 9.63. The molecule has 2 aromatic heterocycles. The minimum Gasteiger partial charge on any atom is -0.310 e. The monoisotopic (exact) mass is 289 g/mol. The first kappa shape index (κ1) is 14.8. The number of thiophene rings is 1. The summed E-state index contributed by atoms with van der Waals surface area (Å²) in [6, 6.07) is 0. The third kappa shape index (κ3) is 3.27. The molecule has 0 unspecified atom stereocenters. The third-order valence-electron chi connectivity index (χ3n) is 3.31. The van der Waals surface area contributed by atoms with Gasteiger partial charge in [0.1, 0.15) is 10.7 Å². The molecule has 0 aliphatic rings. The molecule has 0 saturated carbocycles. The average Bonchev–Trinajstić information content (AvgIpc) is 2.69. The molecule has 2 heterocycles. The molecule has 2 N–H and O–H groups in total. The van der Waals surface area contributed by atoms with Crippen LogP contribution < -0.4 is 10.9 Å². The highest BCUT2D eigenvalue weighted by Crippen LogP contribution is 2.25. The summed E-state index contributed by atoms with van der Waals surface area (Å²) in [6.45, 7) is 5.45. The van der Waals surface area contributed by atoms with Gasteiger partial charge in [0.25, 0.3) is 5.56 Å². The lowest BCUT2D eigenvalue weighted by atomic mass is 10.2. The summed E-state index contributed by atoms with van der Waals surface area (Å²) in [7, 11) is 0. The van der Waals surface area contributed by atoms with Crippen LogP contribution in [0, 0.1) is 26.2 Å². The van der Waals surface area contributed by atoms with Gasteiger partial charge >= 0.3 is 0 Å². The maximum Gasteiger partial charge on any atom is 0.259 e. The number of nitrogens with zero attached hydrogens (tertiary/aromatic N) is 1. The predicted molar refractivity (Wildman–Crippen MR) is 84.1 cm³/mol. The Balaban J connectivity index is 2.02. The first-order valence-corrected chi connectivity index (χ1v) is 7.58. The second-order valence-corrected chi connectivity index (χ2v) is 6.02. The number of terminal acetylenes is 1. The zero-order chi connectivity index (χ0) is 14.5. The van der Waals surface area contributed by atoms with Gasteiger partial charge in [-0.2, -0.15) is 0 Å². The van der Waals surface area contributed by atoms with Crippen molar-refractivity contribution in [2.75, 3.05) is 6.54 Å². The molecular weight excluding hydrogens is 270 g/mol. The second kappa shape index (κ2) is 6.69. The molecule has 20 heavy (non-hydrogen) atoms. The molecule has 0 bridgehead atoms. The van der Waals surface area contributed by atoms with Gasteiger partial charge < -0.3 is 10.3 Å². The lowest BCUT2D eigenvalue weighted by molar-refractivity contribution is 0.614. The van der Waals surface area contributed by atoms with Crippen LogP contribution in [0.2, 0.25) is 0 Å². The summed E-state index contributed by atoms with van der Waals surface area (Å²) in [4.78, 5) is 21.4. The van der Waals surface area contributed by atoms with Crippen LogP contribution in [0.15, 0.2) is 4.79 Å². The molecule has 4 nitrogen and oxygen atoms in total. The molecule has 0 aromatic carbocycles. The van der Waals surface area contributed by atoms with Crippen molar-refractivity contribution in [2.24, 2.45) is 0 Å². The average molecular weight is 289 g/mol. The molecule has 106 valence electrons. The van der Waals surface area contributed by atoms with E-state index in [0.717, 1.165) is 46.5 Å². The maximum atomic E-state index is 12.1.